The summed E-state index contributed by atoms with van der Waals surface area (Å²) in [5, 5.41) is 3.40. The van der Waals surface area contributed by atoms with Crippen LogP contribution in [0.1, 0.15) is 23.0 Å². The van der Waals surface area contributed by atoms with Crippen LogP contribution in [0.15, 0.2) is 0 Å². The second-order valence-electron chi connectivity index (χ2n) is 4.35. The van der Waals surface area contributed by atoms with Crippen LogP contribution in [-0.2, 0) is 17.5 Å². The van der Waals surface area contributed by atoms with Gasteiger partial charge in [-0.15, -0.1) is 0 Å². The van der Waals surface area contributed by atoms with Gasteiger partial charge in [-0.1, -0.05) is 0 Å². The van der Waals surface area contributed by atoms with Gasteiger partial charge in [0.1, 0.15) is 11.4 Å². The molecule has 114 valence electrons. The normalized spacial score (nSPS) is 11.9. The first-order valence-electron chi connectivity index (χ1n) is 5.93. The number of hydrogen-bond donors (Lipinski definition) is 1. The number of nitrogens with zero attached hydrogens (tertiary/aromatic N) is 3. The molecule has 0 atom stereocenters. The maximum atomic E-state index is 12.9. The van der Waals surface area contributed by atoms with Crippen LogP contribution >= 0.6 is 0 Å². The highest BCUT2D eigenvalue weighted by Gasteiger charge is 2.41. The van der Waals surface area contributed by atoms with Gasteiger partial charge in [0.05, 0.1) is 13.2 Å². The predicted octanol–water partition coefficient (Wildman–Crippen LogP) is 1.22. The highest BCUT2D eigenvalue weighted by Crippen LogP contribution is 2.34. The second-order valence-corrected chi connectivity index (χ2v) is 4.35. The van der Waals surface area contributed by atoms with E-state index < -0.39 is 23.4 Å². The van der Waals surface area contributed by atoms with Gasteiger partial charge in [0.2, 0.25) is 0 Å². The molecule has 0 radical (unpaired) electrons. The van der Waals surface area contributed by atoms with Crippen molar-refractivity contribution in [2.45, 2.75) is 19.6 Å². The number of nitrogen functional groups attached to an aromatic ring is 1. The molecule has 9 heteroatoms. The average Bonchev–Trinajstić information content (AvgIpc) is 2.64. The lowest BCUT2D eigenvalue weighted by molar-refractivity contribution is -0.142. The number of rotatable bonds is 5. The quantitative estimate of drug-likeness (QED) is 0.827. The zero-order chi connectivity index (χ0) is 15.5. The number of ether oxygens (including phenoxy) is 1. The molecule has 0 saturated heterocycles. The average molecular weight is 294 g/mol. The number of alkyl halides is 3. The first-order chi connectivity index (χ1) is 9.18. The number of esters is 1. The van der Waals surface area contributed by atoms with Crippen LogP contribution in [0.3, 0.4) is 0 Å². The van der Waals surface area contributed by atoms with Gasteiger partial charge in [-0.25, -0.2) is 9.48 Å². The van der Waals surface area contributed by atoms with Crippen molar-refractivity contribution in [3.63, 3.8) is 0 Å². The van der Waals surface area contributed by atoms with Crippen LogP contribution in [0, 0.1) is 0 Å². The summed E-state index contributed by atoms with van der Waals surface area (Å²) in [5.41, 5.74) is 3.56. The van der Waals surface area contributed by atoms with E-state index in [0.717, 1.165) is 4.68 Å². The number of carbonyl (C=O) groups is 1. The molecule has 2 N–H and O–H groups in total. The Morgan fingerprint density at radius 3 is 2.50 bits per heavy atom. The SMILES string of the molecule is CCOC(=O)c1c(C(F)(F)F)nn(CCN(C)C)c1N. The van der Waals surface area contributed by atoms with Crippen LogP contribution in [-0.4, -0.2) is 47.9 Å². The molecule has 1 aromatic heterocycles. The zero-order valence-electron chi connectivity index (χ0n) is 11.5. The minimum Gasteiger partial charge on any atom is -0.462 e. The van der Waals surface area contributed by atoms with Gasteiger partial charge >= 0.3 is 12.1 Å². The van der Waals surface area contributed by atoms with E-state index in [0.29, 0.717) is 6.54 Å². The summed E-state index contributed by atoms with van der Waals surface area (Å²) in [6.07, 6.45) is -4.76. The lowest BCUT2D eigenvalue weighted by Gasteiger charge is -2.10. The zero-order valence-corrected chi connectivity index (χ0v) is 11.5. The van der Waals surface area contributed by atoms with Crippen molar-refractivity contribution >= 4 is 11.8 Å². The number of likely N-dealkylation sites (N-methyl/N-ethyl adjacent to an activating group) is 1. The third-order valence-corrected chi connectivity index (χ3v) is 2.50. The van der Waals surface area contributed by atoms with Gasteiger partial charge < -0.3 is 15.4 Å². The fourth-order valence-corrected chi connectivity index (χ4v) is 1.54. The van der Waals surface area contributed by atoms with Crippen LogP contribution in [0.2, 0.25) is 0 Å². The standard InChI is InChI=1S/C11H17F3N4O2/c1-4-20-10(19)7-8(11(12,13)14)16-18(9(7)15)6-5-17(2)3/h4-6,15H2,1-3H3. The second kappa shape index (κ2) is 6.12. The Kier molecular flexibility index (Phi) is 4.98. The molecule has 1 heterocycles. The Labute approximate surface area is 114 Å². The molecule has 0 fully saturated rings. The highest BCUT2D eigenvalue weighted by molar-refractivity contribution is 5.95. The Hall–Kier alpha value is -1.77. The maximum absolute atomic E-state index is 12.9. The van der Waals surface area contributed by atoms with Gasteiger partial charge in [0.15, 0.2) is 5.69 Å². The van der Waals surface area contributed by atoms with E-state index in [2.05, 4.69) is 9.84 Å². The number of anilines is 1. The lowest BCUT2D eigenvalue weighted by Crippen LogP contribution is -2.20. The molecule has 1 rings (SSSR count). The number of carbonyl (C=O) groups excluding carboxylic acids is 1. The predicted molar refractivity (Wildman–Crippen MR) is 66.2 cm³/mol. The molecule has 6 nitrogen and oxygen atoms in total. The lowest BCUT2D eigenvalue weighted by atomic mass is 10.2. The van der Waals surface area contributed by atoms with Gasteiger partial charge in [0.25, 0.3) is 0 Å². The fraction of sp³-hybridized carbons (Fsp3) is 0.636. The van der Waals surface area contributed by atoms with Gasteiger partial charge in [-0.2, -0.15) is 18.3 Å². The molecule has 1 aromatic rings. The molecule has 0 bridgehead atoms. The van der Waals surface area contributed by atoms with Crippen molar-refractivity contribution in [2.24, 2.45) is 0 Å². The Bertz CT molecular complexity index is 483. The largest absolute Gasteiger partial charge is 0.462 e. The van der Waals surface area contributed by atoms with E-state index in [1.54, 1.807) is 19.0 Å². The molecule has 0 aliphatic carbocycles. The first kappa shape index (κ1) is 16.3. The van der Waals surface area contributed by atoms with Crippen molar-refractivity contribution in [2.75, 3.05) is 33.0 Å². The molecule has 20 heavy (non-hydrogen) atoms. The molecule has 0 spiro atoms. The number of halogens is 3. The molecule has 0 unspecified atom stereocenters. The number of hydrogen-bond acceptors (Lipinski definition) is 5. The van der Waals surface area contributed by atoms with E-state index in [9.17, 15) is 18.0 Å². The summed E-state index contributed by atoms with van der Waals surface area (Å²) in [6, 6.07) is 0. The van der Waals surface area contributed by atoms with Crippen LogP contribution in [0.25, 0.3) is 0 Å². The minimum atomic E-state index is -4.76. The van der Waals surface area contributed by atoms with Crippen LogP contribution in [0.4, 0.5) is 19.0 Å². The van der Waals surface area contributed by atoms with Crippen LogP contribution in [0.5, 0.6) is 0 Å². The Morgan fingerprint density at radius 2 is 2.05 bits per heavy atom. The maximum Gasteiger partial charge on any atom is 0.436 e. The van der Waals surface area contributed by atoms with Gasteiger partial charge in [-0.3, -0.25) is 0 Å². The molecule has 0 aliphatic rings. The summed E-state index contributed by atoms with van der Waals surface area (Å²) >= 11 is 0. The Balaban J connectivity index is 3.21. The van der Waals surface area contributed by atoms with Crippen molar-refractivity contribution < 1.29 is 22.7 Å². The van der Waals surface area contributed by atoms with Crippen LogP contribution < -0.4 is 5.73 Å². The third-order valence-electron chi connectivity index (χ3n) is 2.50. The monoisotopic (exact) mass is 294 g/mol. The molecule has 0 amide bonds. The smallest absolute Gasteiger partial charge is 0.436 e. The topological polar surface area (TPSA) is 73.4 Å². The Morgan fingerprint density at radius 1 is 1.45 bits per heavy atom. The van der Waals surface area contributed by atoms with Gasteiger partial charge in [0, 0.05) is 6.54 Å². The van der Waals surface area contributed by atoms with Crippen molar-refractivity contribution in [3.05, 3.63) is 11.3 Å². The molecular weight excluding hydrogens is 277 g/mol. The van der Waals surface area contributed by atoms with E-state index in [-0.39, 0.29) is 19.0 Å². The summed E-state index contributed by atoms with van der Waals surface area (Å²) in [6.45, 7) is 2.03. The van der Waals surface area contributed by atoms with E-state index in [1.165, 1.54) is 6.92 Å². The van der Waals surface area contributed by atoms with Crippen molar-refractivity contribution in [1.29, 1.82) is 0 Å². The van der Waals surface area contributed by atoms with Crippen molar-refractivity contribution in [1.82, 2.24) is 14.7 Å². The first-order valence-corrected chi connectivity index (χ1v) is 5.93. The molecule has 0 saturated carbocycles. The fourth-order valence-electron chi connectivity index (χ4n) is 1.54. The summed E-state index contributed by atoms with van der Waals surface area (Å²) in [4.78, 5) is 13.4. The minimum absolute atomic E-state index is 0.0432. The highest BCUT2D eigenvalue weighted by atomic mass is 19.4. The molecular formula is C11H17F3N4O2. The molecule has 0 aliphatic heterocycles. The summed E-state index contributed by atoms with van der Waals surface area (Å²) < 4.78 is 44.2. The summed E-state index contributed by atoms with van der Waals surface area (Å²) in [5.74, 6) is -1.45. The number of nitrogens with two attached hydrogens (primary N) is 1. The number of aromatic nitrogens is 2. The van der Waals surface area contributed by atoms with Gasteiger partial charge in [-0.05, 0) is 21.0 Å². The van der Waals surface area contributed by atoms with Crippen molar-refractivity contribution in [3.8, 4) is 0 Å². The summed E-state index contributed by atoms with van der Waals surface area (Å²) in [7, 11) is 3.52. The molecule has 0 aromatic carbocycles. The van der Waals surface area contributed by atoms with E-state index in [4.69, 9.17) is 5.73 Å². The van der Waals surface area contributed by atoms with E-state index >= 15 is 0 Å². The van der Waals surface area contributed by atoms with E-state index in [1.807, 2.05) is 0 Å². The third kappa shape index (κ3) is 3.62.